The van der Waals surface area contributed by atoms with E-state index in [9.17, 15) is 9.59 Å². The Morgan fingerprint density at radius 3 is 2.49 bits per heavy atom. The first-order valence-electron chi connectivity index (χ1n) is 12.4. The first-order chi connectivity index (χ1) is 17.7. The number of carbonyl (C=O) groups is 2. The van der Waals surface area contributed by atoms with Gasteiger partial charge in [-0.2, -0.15) is 0 Å². The lowest BCUT2D eigenvalue weighted by Crippen LogP contribution is -2.58. The van der Waals surface area contributed by atoms with Crippen molar-refractivity contribution in [3.63, 3.8) is 0 Å². The smallest absolute Gasteiger partial charge is 0.254 e. The van der Waals surface area contributed by atoms with Crippen LogP contribution in [0.4, 0.5) is 0 Å². The van der Waals surface area contributed by atoms with Gasteiger partial charge < -0.3 is 19.3 Å². The van der Waals surface area contributed by atoms with Crippen molar-refractivity contribution >= 4 is 23.4 Å². The van der Waals surface area contributed by atoms with E-state index < -0.39 is 5.60 Å². The number of hydrogen-bond acceptors (Lipinski definition) is 4. The molecule has 4 rings (SSSR count). The van der Waals surface area contributed by atoms with Gasteiger partial charge in [0.25, 0.3) is 5.91 Å². The fourth-order valence-electron chi connectivity index (χ4n) is 4.42. The zero-order chi connectivity index (χ0) is 26.4. The van der Waals surface area contributed by atoms with Crippen LogP contribution in [0.3, 0.4) is 0 Å². The lowest BCUT2D eigenvalue weighted by molar-refractivity contribution is -0.152. The Hall–Kier alpha value is -3.35. The van der Waals surface area contributed by atoms with Crippen LogP contribution >= 0.6 is 11.6 Å². The zero-order valence-corrected chi connectivity index (χ0v) is 22.3. The van der Waals surface area contributed by atoms with Crippen LogP contribution in [0.5, 0.6) is 5.75 Å². The minimum Gasteiger partial charge on any atom is -0.490 e. The summed E-state index contributed by atoms with van der Waals surface area (Å²) in [5.74, 6) is 0.474. The predicted molar refractivity (Wildman–Crippen MR) is 145 cm³/mol. The van der Waals surface area contributed by atoms with Crippen LogP contribution in [0.25, 0.3) is 0 Å². The van der Waals surface area contributed by atoms with Crippen LogP contribution in [-0.4, -0.2) is 60.6 Å². The van der Waals surface area contributed by atoms with Gasteiger partial charge in [-0.3, -0.25) is 9.59 Å². The quantitative estimate of drug-likeness (QED) is 0.404. The number of aryl methyl sites for hydroxylation is 2. The molecular formula is C30H33ClN2O4. The first kappa shape index (κ1) is 26.7. The molecule has 1 aliphatic heterocycles. The molecule has 6 nitrogen and oxygen atoms in total. The summed E-state index contributed by atoms with van der Waals surface area (Å²) in [6.07, 6.45) is 0.0839. The number of halogens is 1. The highest BCUT2D eigenvalue weighted by molar-refractivity contribution is 6.31. The molecule has 194 valence electrons. The summed E-state index contributed by atoms with van der Waals surface area (Å²) in [7, 11) is 1.78. The second-order valence-corrected chi connectivity index (χ2v) is 10.1. The van der Waals surface area contributed by atoms with E-state index in [1.807, 2.05) is 74.5 Å². The molecule has 1 atom stereocenters. The Morgan fingerprint density at radius 1 is 1.05 bits per heavy atom. The average molecular weight is 521 g/mol. The van der Waals surface area contributed by atoms with E-state index in [-0.39, 0.29) is 31.4 Å². The minimum absolute atomic E-state index is 0.0793. The van der Waals surface area contributed by atoms with Crippen LogP contribution in [0.15, 0.2) is 72.8 Å². The second kappa shape index (κ2) is 11.8. The van der Waals surface area contributed by atoms with E-state index in [1.165, 1.54) is 0 Å². The Labute approximate surface area is 223 Å². The van der Waals surface area contributed by atoms with Crippen molar-refractivity contribution in [2.45, 2.75) is 32.4 Å². The fraction of sp³-hybridized carbons (Fsp3) is 0.333. The van der Waals surface area contributed by atoms with Gasteiger partial charge in [0.05, 0.1) is 19.6 Å². The summed E-state index contributed by atoms with van der Waals surface area (Å²) in [6.45, 7) is 5.51. The normalized spacial score (nSPS) is 17.4. The third-order valence-electron chi connectivity index (χ3n) is 6.63. The van der Waals surface area contributed by atoms with Crippen molar-refractivity contribution in [3.05, 3.63) is 100 Å². The van der Waals surface area contributed by atoms with E-state index in [1.54, 1.807) is 29.0 Å². The number of nitrogens with zero attached hydrogens (tertiary/aromatic N) is 2. The molecule has 0 saturated carbocycles. The third kappa shape index (κ3) is 6.90. The van der Waals surface area contributed by atoms with Gasteiger partial charge in [-0.1, -0.05) is 59.6 Å². The molecule has 3 aromatic rings. The Kier molecular flexibility index (Phi) is 8.52. The molecule has 1 aliphatic rings. The summed E-state index contributed by atoms with van der Waals surface area (Å²) in [6, 6.07) is 22.8. The number of benzene rings is 3. The molecule has 0 aromatic heterocycles. The zero-order valence-electron chi connectivity index (χ0n) is 21.6. The predicted octanol–water partition coefficient (Wildman–Crippen LogP) is 5.30. The van der Waals surface area contributed by atoms with Crippen molar-refractivity contribution in [2.75, 3.05) is 33.4 Å². The molecule has 0 bridgehead atoms. The number of morpholine rings is 1. The Balaban J connectivity index is 1.54. The molecule has 3 aromatic carbocycles. The lowest BCUT2D eigenvalue weighted by atomic mass is 9.96. The number of ether oxygens (including phenoxy) is 2. The van der Waals surface area contributed by atoms with Crippen LogP contribution in [0, 0.1) is 13.8 Å². The standard InChI is InChI=1S/C30H33ClN2O4/c1-22-9-11-25(12-10-22)29(35)33-15-16-37-30(20-33,21-36-26-13-14-27(31)23(2)17-26)18-28(34)32(3)19-24-7-5-4-6-8-24/h4-14,17H,15-16,18-21H2,1-3H3/t30-/m0/s1. The molecule has 1 saturated heterocycles. The highest BCUT2D eigenvalue weighted by Crippen LogP contribution is 2.28. The molecule has 2 amide bonds. The Morgan fingerprint density at radius 2 is 1.78 bits per heavy atom. The van der Waals surface area contributed by atoms with Crippen molar-refractivity contribution in [3.8, 4) is 5.75 Å². The fourth-order valence-corrected chi connectivity index (χ4v) is 4.54. The first-order valence-corrected chi connectivity index (χ1v) is 12.8. The van der Waals surface area contributed by atoms with Gasteiger partial charge in [-0.25, -0.2) is 0 Å². The van der Waals surface area contributed by atoms with Crippen molar-refractivity contribution in [2.24, 2.45) is 0 Å². The molecule has 0 N–H and O–H groups in total. The van der Waals surface area contributed by atoms with E-state index in [4.69, 9.17) is 21.1 Å². The SMILES string of the molecule is Cc1ccc(C(=O)N2CCO[C@@](COc3ccc(Cl)c(C)c3)(CC(=O)N(C)Cc3ccccc3)C2)cc1. The Bertz CT molecular complexity index is 1230. The van der Waals surface area contributed by atoms with E-state index in [2.05, 4.69) is 0 Å². The molecule has 37 heavy (non-hydrogen) atoms. The highest BCUT2D eigenvalue weighted by Gasteiger charge is 2.42. The van der Waals surface area contributed by atoms with Gasteiger partial charge in [-0.05, 0) is 55.3 Å². The number of rotatable bonds is 8. The summed E-state index contributed by atoms with van der Waals surface area (Å²) in [5, 5.41) is 0.656. The summed E-state index contributed by atoms with van der Waals surface area (Å²) in [4.78, 5) is 30.2. The van der Waals surface area contributed by atoms with Gasteiger partial charge in [0, 0.05) is 30.7 Å². The topological polar surface area (TPSA) is 59.1 Å². The summed E-state index contributed by atoms with van der Waals surface area (Å²) >= 11 is 6.17. The summed E-state index contributed by atoms with van der Waals surface area (Å²) < 4.78 is 12.4. The molecule has 0 unspecified atom stereocenters. The molecule has 1 heterocycles. The minimum atomic E-state index is -0.992. The van der Waals surface area contributed by atoms with E-state index in [0.717, 1.165) is 16.7 Å². The maximum Gasteiger partial charge on any atom is 0.254 e. The van der Waals surface area contributed by atoms with Crippen LogP contribution < -0.4 is 4.74 Å². The molecule has 0 spiro atoms. The maximum absolute atomic E-state index is 13.4. The maximum atomic E-state index is 13.4. The largest absolute Gasteiger partial charge is 0.490 e. The van der Waals surface area contributed by atoms with E-state index >= 15 is 0 Å². The second-order valence-electron chi connectivity index (χ2n) is 9.74. The third-order valence-corrected chi connectivity index (χ3v) is 7.05. The van der Waals surface area contributed by atoms with Gasteiger partial charge in [-0.15, -0.1) is 0 Å². The molecule has 0 radical (unpaired) electrons. The van der Waals surface area contributed by atoms with Crippen LogP contribution in [0.2, 0.25) is 5.02 Å². The lowest BCUT2D eigenvalue weighted by Gasteiger charge is -2.42. The van der Waals surface area contributed by atoms with E-state index in [0.29, 0.717) is 36.0 Å². The summed E-state index contributed by atoms with van der Waals surface area (Å²) in [5.41, 5.74) is 2.65. The molecular weight excluding hydrogens is 488 g/mol. The molecule has 0 aliphatic carbocycles. The van der Waals surface area contributed by atoms with Gasteiger partial charge >= 0.3 is 0 Å². The van der Waals surface area contributed by atoms with Crippen molar-refractivity contribution in [1.82, 2.24) is 9.80 Å². The number of amides is 2. The van der Waals surface area contributed by atoms with Crippen molar-refractivity contribution in [1.29, 1.82) is 0 Å². The van der Waals surface area contributed by atoms with Crippen LogP contribution in [0.1, 0.15) is 33.5 Å². The number of hydrogen-bond donors (Lipinski definition) is 0. The molecule has 1 fully saturated rings. The van der Waals surface area contributed by atoms with Crippen molar-refractivity contribution < 1.29 is 19.1 Å². The van der Waals surface area contributed by atoms with Gasteiger partial charge in [0.15, 0.2) is 0 Å². The monoisotopic (exact) mass is 520 g/mol. The molecule has 7 heteroatoms. The van der Waals surface area contributed by atoms with Crippen LogP contribution in [-0.2, 0) is 16.1 Å². The average Bonchev–Trinajstić information content (AvgIpc) is 2.90. The van der Waals surface area contributed by atoms with Gasteiger partial charge in [0.1, 0.15) is 18.0 Å². The van der Waals surface area contributed by atoms with Gasteiger partial charge in [0.2, 0.25) is 5.91 Å². The highest BCUT2D eigenvalue weighted by atomic mass is 35.5. The number of carbonyl (C=O) groups excluding carboxylic acids is 2.